The summed E-state index contributed by atoms with van der Waals surface area (Å²) in [6.07, 6.45) is -8.11. The van der Waals surface area contributed by atoms with Gasteiger partial charge in [-0.1, -0.05) is 6.58 Å². The van der Waals surface area contributed by atoms with Crippen molar-refractivity contribution in [1.82, 2.24) is 0 Å². The van der Waals surface area contributed by atoms with E-state index in [1.807, 2.05) is 0 Å². The number of aliphatic hydroxyl groups is 6. The van der Waals surface area contributed by atoms with Gasteiger partial charge in [0.15, 0.2) is 0 Å². The van der Waals surface area contributed by atoms with Crippen LogP contribution in [0, 0.1) is 0 Å². The molecule has 0 saturated carbocycles. The molecule has 0 fully saturated rings. The highest BCUT2D eigenvalue weighted by Gasteiger charge is 2.34. The number of carbonyl (C=O) groups excluding carboxylic acids is 1. The monoisotopic (exact) mass is 266 g/mol. The van der Waals surface area contributed by atoms with E-state index in [1.165, 1.54) is 0 Å². The van der Waals surface area contributed by atoms with Gasteiger partial charge in [0.25, 0.3) is 0 Å². The number of hydrogen-bond acceptors (Lipinski definition) is 8. The second-order valence-electron chi connectivity index (χ2n) is 3.62. The number of hydrogen-bond donors (Lipinski definition) is 6. The van der Waals surface area contributed by atoms with Gasteiger partial charge in [-0.3, -0.25) is 0 Å². The van der Waals surface area contributed by atoms with Crippen LogP contribution in [0.3, 0.4) is 0 Å². The van der Waals surface area contributed by atoms with E-state index in [2.05, 4.69) is 11.3 Å². The molecular formula is C10H18O8. The Morgan fingerprint density at radius 3 is 2.00 bits per heavy atom. The summed E-state index contributed by atoms with van der Waals surface area (Å²) in [5, 5.41) is 55.0. The Bertz CT molecular complexity index is 269. The van der Waals surface area contributed by atoms with E-state index in [0.29, 0.717) is 0 Å². The zero-order chi connectivity index (χ0) is 14.3. The van der Waals surface area contributed by atoms with Crippen LogP contribution in [-0.2, 0) is 9.53 Å². The van der Waals surface area contributed by atoms with Crippen LogP contribution in [0.15, 0.2) is 12.7 Å². The van der Waals surface area contributed by atoms with Gasteiger partial charge < -0.3 is 35.4 Å². The summed E-state index contributed by atoms with van der Waals surface area (Å²) in [6, 6.07) is 0. The maximum Gasteiger partial charge on any atom is 0.330 e. The van der Waals surface area contributed by atoms with E-state index >= 15 is 0 Å². The van der Waals surface area contributed by atoms with E-state index < -0.39 is 49.7 Å². The summed E-state index contributed by atoms with van der Waals surface area (Å²) in [4.78, 5) is 10.7. The first-order valence-corrected chi connectivity index (χ1v) is 5.15. The Balaban J connectivity index is 4.30. The number of aliphatic hydroxyl groups excluding tert-OH is 6. The van der Waals surface area contributed by atoms with Gasteiger partial charge >= 0.3 is 5.97 Å². The van der Waals surface area contributed by atoms with Crippen molar-refractivity contribution >= 4 is 5.97 Å². The number of ether oxygens (including phenoxy) is 1. The quantitative estimate of drug-likeness (QED) is 0.196. The van der Waals surface area contributed by atoms with Crippen molar-refractivity contribution in [2.75, 3.05) is 13.2 Å². The average molecular weight is 266 g/mol. The standard InChI is InChI=1S/C10H18O8/c1-2-7(14)18-4-6(13)9(16)10(17)8(15)5(12)3-11/h2,5-6,8-13,15-17H,1,3-4H2/t5?,6?,8?,9-,10?/m1/s1. The van der Waals surface area contributed by atoms with Crippen LogP contribution in [-0.4, -0.2) is 80.3 Å². The maximum atomic E-state index is 10.7. The van der Waals surface area contributed by atoms with Gasteiger partial charge in [-0.2, -0.15) is 0 Å². The maximum absolute atomic E-state index is 10.7. The molecule has 4 unspecified atom stereocenters. The van der Waals surface area contributed by atoms with Crippen molar-refractivity contribution in [3.05, 3.63) is 12.7 Å². The molecule has 0 heterocycles. The average Bonchev–Trinajstić information content (AvgIpc) is 2.40. The molecule has 0 amide bonds. The SMILES string of the molecule is C=CC(=O)OCC(O)[C@@H](O)C(O)C(O)C(O)CO. The van der Waals surface area contributed by atoms with Gasteiger partial charge in [-0.25, -0.2) is 4.79 Å². The van der Waals surface area contributed by atoms with E-state index in [0.717, 1.165) is 6.08 Å². The molecule has 5 atom stereocenters. The summed E-state index contributed by atoms with van der Waals surface area (Å²) >= 11 is 0. The molecule has 18 heavy (non-hydrogen) atoms. The van der Waals surface area contributed by atoms with Crippen LogP contribution >= 0.6 is 0 Å². The Morgan fingerprint density at radius 2 is 1.56 bits per heavy atom. The van der Waals surface area contributed by atoms with Crippen LogP contribution in [0.25, 0.3) is 0 Å². The van der Waals surface area contributed by atoms with Gasteiger partial charge in [-0.15, -0.1) is 0 Å². The molecule has 8 heteroatoms. The van der Waals surface area contributed by atoms with E-state index in [9.17, 15) is 25.2 Å². The summed E-state index contributed by atoms with van der Waals surface area (Å²) in [5.41, 5.74) is 0. The van der Waals surface area contributed by atoms with Crippen LogP contribution < -0.4 is 0 Å². The van der Waals surface area contributed by atoms with Gasteiger partial charge in [-0.05, 0) is 0 Å². The molecule has 0 rings (SSSR count). The molecule has 0 aromatic rings. The van der Waals surface area contributed by atoms with Crippen molar-refractivity contribution in [3.8, 4) is 0 Å². The Morgan fingerprint density at radius 1 is 1.06 bits per heavy atom. The van der Waals surface area contributed by atoms with Crippen LogP contribution in [0.4, 0.5) is 0 Å². The van der Waals surface area contributed by atoms with Crippen molar-refractivity contribution in [2.24, 2.45) is 0 Å². The molecule has 0 bridgehead atoms. The largest absolute Gasteiger partial charge is 0.460 e. The van der Waals surface area contributed by atoms with Gasteiger partial charge in [0.05, 0.1) is 6.61 Å². The van der Waals surface area contributed by atoms with Crippen LogP contribution in [0.1, 0.15) is 0 Å². The van der Waals surface area contributed by atoms with Crippen LogP contribution in [0.2, 0.25) is 0 Å². The number of esters is 1. The van der Waals surface area contributed by atoms with Crippen molar-refractivity contribution in [3.63, 3.8) is 0 Å². The second kappa shape index (κ2) is 8.14. The van der Waals surface area contributed by atoms with Crippen molar-refractivity contribution in [2.45, 2.75) is 30.5 Å². The number of carbonyl (C=O) groups is 1. The third-order valence-electron chi connectivity index (χ3n) is 2.24. The molecule has 0 saturated heterocycles. The van der Waals surface area contributed by atoms with Gasteiger partial charge in [0.2, 0.25) is 0 Å². The zero-order valence-corrected chi connectivity index (χ0v) is 9.59. The van der Waals surface area contributed by atoms with E-state index in [4.69, 9.17) is 10.2 Å². The summed E-state index contributed by atoms with van der Waals surface area (Å²) < 4.78 is 4.42. The first kappa shape index (κ1) is 17.0. The Kier molecular flexibility index (Phi) is 7.67. The highest BCUT2D eigenvalue weighted by atomic mass is 16.5. The van der Waals surface area contributed by atoms with Crippen molar-refractivity contribution < 1.29 is 40.2 Å². The molecule has 8 nitrogen and oxygen atoms in total. The molecule has 0 aliphatic rings. The smallest absolute Gasteiger partial charge is 0.330 e. The highest BCUT2D eigenvalue weighted by Crippen LogP contribution is 2.09. The molecule has 106 valence electrons. The van der Waals surface area contributed by atoms with Gasteiger partial charge in [0, 0.05) is 6.08 Å². The highest BCUT2D eigenvalue weighted by molar-refractivity contribution is 5.81. The molecule has 0 radical (unpaired) electrons. The topological polar surface area (TPSA) is 148 Å². The third-order valence-corrected chi connectivity index (χ3v) is 2.24. The van der Waals surface area contributed by atoms with E-state index in [1.54, 1.807) is 0 Å². The third kappa shape index (κ3) is 5.08. The fraction of sp³-hybridized carbons (Fsp3) is 0.700. The summed E-state index contributed by atoms with van der Waals surface area (Å²) in [7, 11) is 0. The second-order valence-corrected chi connectivity index (χ2v) is 3.62. The Hall–Kier alpha value is -1.03. The summed E-state index contributed by atoms with van der Waals surface area (Å²) in [5.74, 6) is -0.827. The van der Waals surface area contributed by atoms with Crippen LogP contribution in [0.5, 0.6) is 0 Å². The first-order valence-electron chi connectivity index (χ1n) is 5.15. The molecule has 0 aliphatic heterocycles. The molecular weight excluding hydrogens is 248 g/mol. The molecule has 0 spiro atoms. The predicted molar refractivity (Wildman–Crippen MR) is 58.3 cm³/mol. The normalized spacial score (nSPS) is 19.4. The fourth-order valence-electron chi connectivity index (χ4n) is 1.09. The first-order chi connectivity index (χ1) is 8.34. The lowest BCUT2D eigenvalue weighted by Gasteiger charge is -2.28. The minimum Gasteiger partial charge on any atom is -0.460 e. The molecule has 0 aliphatic carbocycles. The minimum atomic E-state index is -1.91. The summed E-state index contributed by atoms with van der Waals surface area (Å²) in [6.45, 7) is 1.67. The molecule has 0 aromatic heterocycles. The zero-order valence-electron chi connectivity index (χ0n) is 9.59. The molecule has 0 aromatic carbocycles. The van der Waals surface area contributed by atoms with Crippen molar-refractivity contribution in [1.29, 1.82) is 0 Å². The lowest BCUT2D eigenvalue weighted by Crippen LogP contribution is -2.51. The predicted octanol–water partition coefficient (Wildman–Crippen LogP) is -3.49. The molecule has 6 N–H and O–H groups in total. The lowest BCUT2D eigenvalue weighted by molar-refractivity contribution is -0.158. The Labute approximate surface area is 103 Å². The fourth-order valence-corrected chi connectivity index (χ4v) is 1.09. The number of rotatable bonds is 8. The minimum absolute atomic E-state index is 0.620. The van der Waals surface area contributed by atoms with Gasteiger partial charge in [0.1, 0.15) is 37.1 Å². The lowest BCUT2D eigenvalue weighted by atomic mass is 10.00. The van der Waals surface area contributed by atoms with E-state index in [-0.39, 0.29) is 0 Å².